The minimum absolute atomic E-state index is 0.0805. The first-order chi connectivity index (χ1) is 13.7. The third kappa shape index (κ3) is 3.49. The average molecular weight is 414 g/mol. The number of alkyl halides is 2. The summed E-state index contributed by atoms with van der Waals surface area (Å²) in [6, 6.07) is 3.39. The zero-order chi connectivity index (χ0) is 20.9. The van der Waals surface area contributed by atoms with Crippen molar-refractivity contribution in [2.75, 3.05) is 18.8 Å². The molecule has 0 bridgehead atoms. The topological polar surface area (TPSA) is 93.6 Å². The number of hydrogen-bond acceptors (Lipinski definition) is 6. The number of aliphatic hydroxyl groups is 1. The molecule has 2 aliphatic heterocycles. The van der Waals surface area contributed by atoms with Crippen molar-refractivity contribution in [2.24, 2.45) is 0 Å². The van der Waals surface area contributed by atoms with Crippen molar-refractivity contribution in [3.63, 3.8) is 0 Å². The summed E-state index contributed by atoms with van der Waals surface area (Å²) < 4.78 is 62.0. The zero-order valence-electron chi connectivity index (χ0n) is 15.1. The van der Waals surface area contributed by atoms with Gasteiger partial charge < -0.3 is 15.6 Å². The molecular formula is C18H18F4N4O3. The second kappa shape index (κ2) is 7.08. The highest BCUT2D eigenvalue weighted by molar-refractivity contribution is 5.31. The lowest BCUT2D eigenvalue weighted by atomic mass is 9.98. The molecule has 0 saturated carbocycles. The Hall–Kier alpha value is -2.50. The lowest BCUT2D eigenvalue weighted by molar-refractivity contribution is -0.140. The summed E-state index contributed by atoms with van der Waals surface area (Å²) in [4.78, 5) is 17.0. The molecule has 0 radical (unpaired) electrons. The van der Waals surface area contributed by atoms with Gasteiger partial charge in [-0.1, -0.05) is 0 Å². The van der Waals surface area contributed by atoms with Crippen molar-refractivity contribution in [1.82, 2.24) is 14.5 Å². The second-order valence-electron chi connectivity index (χ2n) is 7.21. The molecule has 2 aromatic rings. The van der Waals surface area contributed by atoms with E-state index in [2.05, 4.69) is 4.98 Å². The Morgan fingerprint density at radius 3 is 2.66 bits per heavy atom. The average Bonchev–Trinajstić information content (AvgIpc) is 2.87. The number of rotatable bonds is 3. The van der Waals surface area contributed by atoms with Crippen LogP contribution in [0.25, 0.3) is 0 Å². The van der Waals surface area contributed by atoms with Crippen LogP contribution in [-0.2, 0) is 17.7 Å². The SMILES string of the molecule is Nc1ccn([C@@H]2O[C@H](CN3CCc4cc(F)c(F)cc4C3)[C@@H](O)C2(F)F)c(=O)n1. The van der Waals surface area contributed by atoms with E-state index in [0.29, 0.717) is 28.7 Å². The number of anilines is 1. The van der Waals surface area contributed by atoms with Crippen molar-refractivity contribution in [1.29, 1.82) is 0 Å². The van der Waals surface area contributed by atoms with E-state index in [9.17, 15) is 27.5 Å². The molecule has 0 amide bonds. The largest absolute Gasteiger partial charge is 0.384 e. The van der Waals surface area contributed by atoms with Crippen molar-refractivity contribution in [3.05, 3.63) is 57.6 Å². The van der Waals surface area contributed by atoms with Crippen LogP contribution in [0, 0.1) is 11.6 Å². The molecule has 0 aliphatic carbocycles. The third-order valence-electron chi connectivity index (χ3n) is 5.26. The Kier molecular flexibility index (Phi) is 4.83. The van der Waals surface area contributed by atoms with Crippen LogP contribution in [-0.4, -0.2) is 50.8 Å². The number of benzene rings is 1. The van der Waals surface area contributed by atoms with Crippen LogP contribution in [0.5, 0.6) is 0 Å². The van der Waals surface area contributed by atoms with Crippen molar-refractivity contribution < 1.29 is 27.4 Å². The lowest BCUT2D eigenvalue weighted by Crippen LogP contribution is -2.44. The van der Waals surface area contributed by atoms with E-state index in [-0.39, 0.29) is 18.9 Å². The number of nitrogens with zero attached hydrogens (tertiary/aromatic N) is 3. The van der Waals surface area contributed by atoms with E-state index in [1.807, 2.05) is 0 Å². The molecule has 29 heavy (non-hydrogen) atoms. The summed E-state index contributed by atoms with van der Waals surface area (Å²) >= 11 is 0. The fourth-order valence-electron chi connectivity index (χ4n) is 3.74. The number of hydrogen-bond donors (Lipinski definition) is 2. The van der Waals surface area contributed by atoms with Crippen LogP contribution in [0.1, 0.15) is 17.4 Å². The molecule has 1 aromatic carbocycles. The summed E-state index contributed by atoms with van der Waals surface area (Å²) in [5.41, 5.74) is 5.55. The highest BCUT2D eigenvalue weighted by Crippen LogP contribution is 2.42. The van der Waals surface area contributed by atoms with Crippen LogP contribution in [0.3, 0.4) is 0 Å². The summed E-state index contributed by atoms with van der Waals surface area (Å²) in [5.74, 6) is -5.78. The Bertz CT molecular complexity index is 1000. The molecule has 7 nitrogen and oxygen atoms in total. The van der Waals surface area contributed by atoms with Crippen molar-refractivity contribution in [2.45, 2.75) is 37.3 Å². The first-order valence-corrected chi connectivity index (χ1v) is 8.92. The molecule has 11 heteroatoms. The Morgan fingerprint density at radius 1 is 1.28 bits per heavy atom. The van der Waals surface area contributed by atoms with Crippen LogP contribution < -0.4 is 11.4 Å². The van der Waals surface area contributed by atoms with E-state index in [1.54, 1.807) is 4.90 Å². The summed E-state index contributed by atoms with van der Waals surface area (Å²) in [6.07, 6.45) is -4.06. The predicted molar refractivity (Wildman–Crippen MR) is 93.1 cm³/mol. The van der Waals surface area contributed by atoms with Crippen LogP contribution in [0.15, 0.2) is 29.2 Å². The summed E-state index contributed by atoms with van der Waals surface area (Å²) in [7, 11) is 0. The van der Waals surface area contributed by atoms with Crippen molar-refractivity contribution in [3.8, 4) is 0 Å². The molecule has 4 rings (SSSR count). The highest BCUT2D eigenvalue weighted by atomic mass is 19.3. The molecule has 3 N–H and O–H groups in total. The molecule has 1 fully saturated rings. The lowest BCUT2D eigenvalue weighted by Gasteiger charge is -2.31. The number of aromatic nitrogens is 2. The molecule has 3 heterocycles. The smallest absolute Gasteiger partial charge is 0.351 e. The Labute approximate surface area is 162 Å². The van der Waals surface area contributed by atoms with E-state index >= 15 is 0 Å². The Morgan fingerprint density at radius 2 is 1.97 bits per heavy atom. The Balaban J connectivity index is 1.52. The molecule has 0 spiro atoms. The monoisotopic (exact) mass is 414 g/mol. The van der Waals surface area contributed by atoms with Gasteiger partial charge in [0.05, 0.1) is 0 Å². The van der Waals surface area contributed by atoms with Gasteiger partial charge in [0.2, 0.25) is 6.23 Å². The third-order valence-corrected chi connectivity index (χ3v) is 5.26. The maximum absolute atomic E-state index is 14.6. The highest BCUT2D eigenvalue weighted by Gasteiger charge is 2.59. The van der Waals surface area contributed by atoms with Gasteiger partial charge in [-0.2, -0.15) is 13.8 Å². The standard InChI is InChI=1S/C18H18F4N4O3/c19-11-5-9-1-3-25(7-10(9)6-12(11)20)8-13-15(27)18(21,22)16(29-13)26-4-2-14(23)24-17(26)28/h2,4-6,13,15-16,27H,1,3,7-8H2,(H2,23,24,28)/t13-,15-,16-/m1/s1. The predicted octanol–water partition coefficient (Wildman–Crippen LogP) is 1.06. The molecule has 156 valence electrons. The van der Waals surface area contributed by atoms with Crippen LogP contribution in [0.4, 0.5) is 23.4 Å². The van der Waals surface area contributed by atoms with Gasteiger partial charge >= 0.3 is 11.6 Å². The van der Waals surface area contributed by atoms with Gasteiger partial charge in [0.15, 0.2) is 11.6 Å². The number of halogens is 4. The van der Waals surface area contributed by atoms with Gasteiger partial charge in [0.1, 0.15) is 18.0 Å². The molecule has 0 unspecified atom stereocenters. The number of nitrogen functional groups attached to an aromatic ring is 1. The van der Waals surface area contributed by atoms with Crippen molar-refractivity contribution >= 4 is 5.82 Å². The fourth-order valence-corrected chi connectivity index (χ4v) is 3.74. The van der Waals surface area contributed by atoms with E-state index < -0.39 is 41.7 Å². The van der Waals surface area contributed by atoms with Gasteiger partial charge in [-0.3, -0.25) is 9.47 Å². The normalized spacial score (nSPS) is 26.4. The maximum atomic E-state index is 14.6. The first-order valence-electron chi connectivity index (χ1n) is 8.92. The number of fused-ring (bicyclic) bond motifs is 1. The van der Waals surface area contributed by atoms with Gasteiger partial charge in [-0.05, 0) is 35.7 Å². The summed E-state index contributed by atoms with van der Waals surface area (Å²) in [5, 5.41) is 10.1. The molecular weight excluding hydrogens is 396 g/mol. The number of nitrogens with two attached hydrogens (primary N) is 1. The quantitative estimate of drug-likeness (QED) is 0.730. The molecule has 2 aliphatic rings. The maximum Gasteiger partial charge on any atom is 0.351 e. The molecule has 1 aromatic heterocycles. The molecule has 3 atom stereocenters. The van der Waals surface area contributed by atoms with Crippen LogP contribution >= 0.6 is 0 Å². The second-order valence-corrected chi connectivity index (χ2v) is 7.21. The van der Waals surface area contributed by atoms with E-state index in [0.717, 1.165) is 18.3 Å². The number of aliphatic hydroxyl groups excluding tert-OH is 1. The van der Waals surface area contributed by atoms with E-state index in [4.69, 9.17) is 10.5 Å². The van der Waals surface area contributed by atoms with E-state index in [1.165, 1.54) is 6.07 Å². The van der Waals surface area contributed by atoms with Gasteiger partial charge in [-0.15, -0.1) is 0 Å². The van der Waals surface area contributed by atoms with Gasteiger partial charge in [-0.25, -0.2) is 13.6 Å². The first kappa shape index (κ1) is 19.8. The minimum Gasteiger partial charge on any atom is -0.384 e. The fraction of sp³-hybridized carbons (Fsp3) is 0.444. The van der Waals surface area contributed by atoms with Gasteiger partial charge in [0.25, 0.3) is 0 Å². The number of ether oxygens (including phenoxy) is 1. The minimum atomic E-state index is -3.74. The zero-order valence-corrected chi connectivity index (χ0v) is 15.1. The van der Waals surface area contributed by atoms with Crippen LogP contribution in [0.2, 0.25) is 0 Å². The molecule has 1 saturated heterocycles. The van der Waals surface area contributed by atoms with Gasteiger partial charge in [0, 0.05) is 25.8 Å². The summed E-state index contributed by atoms with van der Waals surface area (Å²) in [6.45, 7) is 0.506.